The van der Waals surface area contributed by atoms with E-state index in [1.165, 1.54) is 0 Å². The van der Waals surface area contributed by atoms with E-state index in [2.05, 4.69) is 0 Å². The molecular formula is C6H13NO. The van der Waals surface area contributed by atoms with Crippen molar-refractivity contribution in [3.63, 3.8) is 0 Å². The number of rotatable bonds is 2. The minimum Gasteiger partial charge on any atom is -0.495 e. The van der Waals surface area contributed by atoms with Crippen molar-refractivity contribution in [3.8, 4) is 0 Å². The number of hydrogen-bond donors (Lipinski definition) is 1. The molecule has 0 aliphatic carbocycles. The Labute approximate surface area is 50.4 Å². The molecule has 0 bridgehead atoms. The Bertz CT molecular complexity index is 86.5. The van der Waals surface area contributed by atoms with E-state index >= 15 is 0 Å². The molecule has 0 aliphatic rings. The summed E-state index contributed by atoms with van der Waals surface area (Å²) in [7, 11) is 3.61. The third-order valence-electron chi connectivity index (χ3n) is 0.845. The maximum atomic E-state index is 8.91. The lowest BCUT2D eigenvalue weighted by atomic mass is 10.4. The van der Waals surface area contributed by atoms with Gasteiger partial charge in [0.15, 0.2) is 5.88 Å². The number of allylic oxidation sites excluding steroid dienone is 1. The first-order valence-corrected chi connectivity index (χ1v) is 2.75. The predicted molar refractivity (Wildman–Crippen MR) is 34.7 cm³/mol. The third-order valence-corrected chi connectivity index (χ3v) is 0.845. The summed E-state index contributed by atoms with van der Waals surface area (Å²) in [4.78, 5) is 1.67. The summed E-state index contributed by atoms with van der Waals surface area (Å²) in [6, 6.07) is 0. The van der Waals surface area contributed by atoms with Gasteiger partial charge in [-0.2, -0.15) is 0 Å². The second-order valence-electron chi connectivity index (χ2n) is 1.86. The second-order valence-corrected chi connectivity index (χ2v) is 1.86. The van der Waals surface area contributed by atoms with Crippen LogP contribution in [0.25, 0.3) is 0 Å². The monoisotopic (exact) mass is 115 g/mol. The van der Waals surface area contributed by atoms with Crippen molar-refractivity contribution in [2.24, 2.45) is 0 Å². The van der Waals surface area contributed by atoms with Crippen LogP contribution in [-0.4, -0.2) is 24.1 Å². The summed E-state index contributed by atoms with van der Waals surface area (Å²) in [5, 5.41) is 8.91. The number of aliphatic hydroxyl groups is 1. The van der Waals surface area contributed by atoms with Crippen LogP contribution in [0.5, 0.6) is 0 Å². The van der Waals surface area contributed by atoms with Gasteiger partial charge in [0.05, 0.1) is 0 Å². The van der Waals surface area contributed by atoms with E-state index in [1.807, 2.05) is 21.0 Å². The van der Waals surface area contributed by atoms with Gasteiger partial charge in [-0.05, 0) is 12.5 Å². The van der Waals surface area contributed by atoms with E-state index in [1.54, 1.807) is 11.0 Å². The fourth-order valence-electron chi connectivity index (χ4n) is 0.365. The number of aliphatic hydroxyl groups excluding tert-OH is 1. The molecule has 0 heterocycles. The molecule has 8 heavy (non-hydrogen) atoms. The van der Waals surface area contributed by atoms with Crippen molar-refractivity contribution >= 4 is 0 Å². The normalized spacial score (nSPS) is 11.6. The van der Waals surface area contributed by atoms with Crippen LogP contribution in [0.2, 0.25) is 0 Å². The first-order valence-electron chi connectivity index (χ1n) is 2.75. The molecule has 0 aromatic rings. The molecule has 0 saturated heterocycles. The Balaban J connectivity index is 3.61. The highest BCUT2D eigenvalue weighted by Crippen LogP contribution is 1.92. The summed E-state index contributed by atoms with van der Waals surface area (Å²) >= 11 is 0. The largest absolute Gasteiger partial charge is 0.495 e. The zero-order valence-electron chi connectivity index (χ0n) is 5.68. The SMILES string of the molecule is CC/C=C(\O)N(C)C. The molecule has 48 valence electrons. The third kappa shape index (κ3) is 2.50. The predicted octanol–water partition coefficient (Wildman–Crippen LogP) is 1.36. The lowest BCUT2D eigenvalue weighted by Gasteiger charge is -2.08. The Kier molecular flexibility index (Phi) is 3.08. The Morgan fingerprint density at radius 1 is 1.62 bits per heavy atom. The molecule has 0 aliphatic heterocycles. The molecule has 0 rings (SSSR count). The van der Waals surface area contributed by atoms with Crippen molar-refractivity contribution in [2.75, 3.05) is 14.1 Å². The Hall–Kier alpha value is -0.660. The van der Waals surface area contributed by atoms with E-state index in [-0.39, 0.29) is 0 Å². The van der Waals surface area contributed by atoms with Gasteiger partial charge in [0.2, 0.25) is 0 Å². The zero-order valence-corrected chi connectivity index (χ0v) is 5.68. The van der Waals surface area contributed by atoms with Gasteiger partial charge in [-0.1, -0.05) is 6.92 Å². The van der Waals surface area contributed by atoms with Crippen molar-refractivity contribution < 1.29 is 5.11 Å². The van der Waals surface area contributed by atoms with Crippen molar-refractivity contribution in [3.05, 3.63) is 12.0 Å². The molecule has 0 radical (unpaired) electrons. The first kappa shape index (κ1) is 7.34. The summed E-state index contributed by atoms with van der Waals surface area (Å²) in [5.74, 6) is 0.340. The van der Waals surface area contributed by atoms with E-state index < -0.39 is 0 Å². The minimum absolute atomic E-state index is 0.340. The highest BCUT2D eigenvalue weighted by molar-refractivity contribution is 4.86. The molecule has 0 amide bonds. The molecule has 0 aromatic carbocycles. The van der Waals surface area contributed by atoms with E-state index in [4.69, 9.17) is 5.11 Å². The van der Waals surface area contributed by atoms with Gasteiger partial charge in [0.1, 0.15) is 0 Å². The lowest BCUT2D eigenvalue weighted by molar-refractivity contribution is 0.262. The minimum atomic E-state index is 0.340. The molecule has 0 fully saturated rings. The van der Waals surface area contributed by atoms with Crippen LogP contribution in [0.1, 0.15) is 13.3 Å². The second kappa shape index (κ2) is 3.36. The summed E-state index contributed by atoms with van der Waals surface area (Å²) in [6.45, 7) is 1.99. The average Bonchev–Trinajstić information content (AvgIpc) is 1.67. The van der Waals surface area contributed by atoms with Gasteiger partial charge in [-0.3, -0.25) is 0 Å². The maximum absolute atomic E-state index is 8.91. The fourth-order valence-corrected chi connectivity index (χ4v) is 0.365. The Morgan fingerprint density at radius 3 is 2.25 bits per heavy atom. The summed E-state index contributed by atoms with van der Waals surface area (Å²) in [6.07, 6.45) is 2.64. The fraction of sp³-hybridized carbons (Fsp3) is 0.667. The van der Waals surface area contributed by atoms with Crippen molar-refractivity contribution in [1.29, 1.82) is 0 Å². The van der Waals surface area contributed by atoms with E-state index in [9.17, 15) is 0 Å². The van der Waals surface area contributed by atoms with Gasteiger partial charge in [0, 0.05) is 14.1 Å². The topological polar surface area (TPSA) is 23.5 Å². The quantitative estimate of drug-likeness (QED) is 0.549. The molecule has 0 unspecified atom stereocenters. The molecule has 0 saturated carbocycles. The van der Waals surface area contributed by atoms with Gasteiger partial charge in [-0.15, -0.1) is 0 Å². The van der Waals surface area contributed by atoms with Crippen LogP contribution in [-0.2, 0) is 0 Å². The van der Waals surface area contributed by atoms with E-state index in [0.717, 1.165) is 6.42 Å². The molecule has 0 aromatic heterocycles. The van der Waals surface area contributed by atoms with Crippen LogP contribution in [0, 0.1) is 0 Å². The van der Waals surface area contributed by atoms with Crippen molar-refractivity contribution in [1.82, 2.24) is 4.90 Å². The van der Waals surface area contributed by atoms with Crippen LogP contribution in [0.15, 0.2) is 12.0 Å². The molecule has 2 heteroatoms. The lowest BCUT2D eigenvalue weighted by Crippen LogP contribution is -2.09. The van der Waals surface area contributed by atoms with E-state index in [0.29, 0.717) is 5.88 Å². The molecule has 1 N–H and O–H groups in total. The summed E-state index contributed by atoms with van der Waals surface area (Å²) < 4.78 is 0. The highest BCUT2D eigenvalue weighted by atomic mass is 16.3. The number of hydrogen-bond acceptors (Lipinski definition) is 2. The van der Waals surface area contributed by atoms with Gasteiger partial charge in [0.25, 0.3) is 0 Å². The van der Waals surface area contributed by atoms with Crippen LogP contribution in [0.3, 0.4) is 0 Å². The molecular weight excluding hydrogens is 102 g/mol. The average molecular weight is 115 g/mol. The molecule has 2 nitrogen and oxygen atoms in total. The van der Waals surface area contributed by atoms with Crippen molar-refractivity contribution in [2.45, 2.75) is 13.3 Å². The van der Waals surface area contributed by atoms with Crippen LogP contribution >= 0.6 is 0 Å². The zero-order chi connectivity index (χ0) is 6.57. The maximum Gasteiger partial charge on any atom is 0.182 e. The summed E-state index contributed by atoms with van der Waals surface area (Å²) in [5.41, 5.74) is 0. The van der Waals surface area contributed by atoms with Gasteiger partial charge >= 0.3 is 0 Å². The van der Waals surface area contributed by atoms with Crippen LogP contribution in [0.4, 0.5) is 0 Å². The van der Waals surface area contributed by atoms with Gasteiger partial charge < -0.3 is 10.0 Å². The standard InChI is InChI=1S/C6H13NO/c1-4-5-6(8)7(2)3/h5,8H,4H2,1-3H3/b6-5-. The number of nitrogens with zero attached hydrogens (tertiary/aromatic N) is 1. The van der Waals surface area contributed by atoms with Crippen LogP contribution < -0.4 is 0 Å². The Morgan fingerprint density at radius 2 is 2.12 bits per heavy atom. The van der Waals surface area contributed by atoms with Gasteiger partial charge in [-0.25, -0.2) is 0 Å². The molecule has 0 spiro atoms. The smallest absolute Gasteiger partial charge is 0.182 e. The first-order chi connectivity index (χ1) is 3.68. The highest BCUT2D eigenvalue weighted by Gasteiger charge is 1.89. The molecule has 0 atom stereocenters.